The van der Waals surface area contributed by atoms with Crippen molar-refractivity contribution >= 4 is 17.7 Å². The van der Waals surface area contributed by atoms with Crippen molar-refractivity contribution in [3.8, 4) is 11.8 Å². The third-order valence-corrected chi connectivity index (χ3v) is 5.08. The van der Waals surface area contributed by atoms with Crippen molar-refractivity contribution in [1.82, 2.24) is 25.2 Å². The van der Waals surface area contributed by atoms with Gasteiger partial charge in [-0.3, -0.25) is 0 Å². The first-order chi connectivity index (χ1) is 13.7. The predicted octanol–water partition coefficient (Wildman–Crippen LogP) is 2.89. The van der Waals surface area contributed by atoms with Crippen molar-refractivity contribution in [1.29, 1.82) is 5.26 Å². The molecule has 8 nitrogen and oxygen atoms in total. The maximum Gasteiger partial charge on any atom is 0.340 e. The van der Waals surface area contributed by atoms with E-state index < -0.39 is 5.97 Å². The number of hydrogen-bond acceptors (Lipinski definition) is 8. The lowest BCUT2D eigenvalue weighted by Gasteiger charge is -2.10. The molecule has 9 heteroatoms. The molecule has 0 bridgehead atoms. The van der Waals surface area contributed by atoms with E-state index in [0.717, 1.165) is 24.2 Å². The van der Waals surface area contributed by atoms with Crippen LogP contribution in [0.1, 0.15) is 46.2 Å². The third kappa shape index (κ3) is 3.59. The average Bonchev–Trinajstić information content (AvgIpc) is 3.49. The van der Waals surface area contributed by atoms with Gasteiger partial charge >= 0.3 is 5.97 Å². The van der Waals surface area contributed by atoms with Crippen LogP contribution in [0.5, 0.6) is 0 Å². The minimum atomic E-state index is -0.584. The van der Waals surface area contributed by atoms with E-state index in [2.05, 4.69) is 26.6 Å². The Hall–Kier alpha value is -3.25. The number of pyridine rings is 1. The lowest BCUT2D eigenvalue weighted by Crippen LogP contribution is -2.13. The third-order valence-electron chi connectivity index (χ3n) is 4.39. The summed E-state index contributed by atoms with van der Waals surface area (Å²) in [6.45, 7) is -0.110. The topological polar surface area (TPSA) is 107 Å². The van der Waals surface area contributed by atoms with Gasteiger partial charge in [-0.05, 0) is 47.7 Å². The summed E-state index contributed by atoms with van der Waals surface area (Å²) in [4.78, 5) is 17.3. The Morgan fingerprint density at radius 2 is 2.14 bits per heavy atom. The number of carbonyl (C=O) groups excluding carboxylic acids is 1. The normalized spacial score (nSPS) is 13.1. The Balaban J connectivity index is 1.58. The van der Waals surface area contributed by atoms with Crippen LogP contribution in [0.2, 0.25) is 0 Å². The number of esters is 1. The van der Waals surface area contributed by atoms with Crippen LogP contribution >= 0.6 is 11.8 Å². The van der Waals surface area contributed by atoms with Crippen LogP contribution < -0.4 is 0 Å². The second-order valence-corrected chi connectivity index (χ2v) is 7.08. The molecule has 0 unspecified atom stereocenters. The first kappa shape index (κ1) is 18.1. The molecule has 4 rings (SSSR count). The van der Waals surface area contributed by atoms with Crippen molar-refractivity contribution in [2.24, 2.45) is 0 Å². The van der Waals surface area contributed by atoms with Gasteiger partial charge in [0.25, 0.3) is 0 Å². The molecule has 3 aromatic rings. The molecule has 28 heavy (non-hydrogen) atoms. The first-order valence-electron chi connectivity index (χ1n) is 8.70. The Kier molecular flexibility index (Phi) is 5.04. The van der Waals surface area contributed by atoms with E-state index in [1.54, 1.807) is 6.07 Å². The molecule has 2 heterocycles. The fourth-order valence-corrected chi connectivity index (χ4v) is 3.38. The Morgan fingerprint density at radius 3 is 2.82 bits per heavy atom. The van der Waals surface area contributed by atoms with Crippen LogP contribution in [-0.4, -0.2) is 37.4 Å². The zero-order valence-corrected chi connectivity index (χ0v) is 15.9. The van der Waals surface area contributed by atoms with Crippen LogP contribution in [-0.2, 0) is 11.3 Å². The quantitative estimate of drug-likeness (QED) is 0.466. The molecule has 140 valence electrons. The standard InChI is InChI=1S/C19H16N6O2S/c1-28-18-15(10-20)14(9-16(21-18)12-7-8-12)19(26)27-11-17-22-23-24-25(17)13-5-3-2-4-6-13/h2-6,9,12H,7-8,11H2,1H3. The number of aromatic nitrogens is 5. The highest BCUT2D eigenvalue weighted by atomic mass is 32.2. The van der Waals surface area contributed by atoms with Crippen molar-refractivity contribution in [2.45, 2.75) is 30.4 Å². The molecule has 2 aromatic heterocycles. The number of thioether (sulfide) groups is 1. The zero-order chi connectivity index (χ0) is 19.5. The van der Waals surface area contributed by atoms with Gasteiger partial charge in [-0.15, -0.1) is 16.9 Å². The summed E-state index contributed by atoms with van der Waals surface area (Å²) in [6, 6.07) is 13.1. The highest BCUT2D eigenvalue weighted by molar-refractivity contribution is 7.98. The van der Waals surface area contributed by atoms with Crippen LogP contribution in [0, 0.1) is 11.3 Å². The number of para-hydroxylation sites is 1. The van der Waals surface area contributed by atoms with E-state index in [1.165, 1.54) is 16.4 Å². The van der Waals surface area contributed by atoms with E-state index in [9.17, 15) is 10.1 Å². The second kappa shape index (κ2) is 7.78. The highest BCUT2D eigenvalue weighted by Crippen LogP contribution is 2.40. The van der Waals surface area contributed by atoms with Gasteiger partial charge in [0.2, 0.25) is 0 Å². The summed E-state index contributed by atoms with van der Waals surface area (Å²) in [5, 5.41) is 21.6. The van der Waals surface area contributed by atoms with Gasteiger partial charge in [0.1, 0.15) is 11.1 Å². The number of ether oxygens (including phenoxy) is 1. The van der Waals surface area contributed by atoms with Crippen molar-refractivity contribution in [3.63, 3.8) is 0 Å². The number of hydrogen-bond donors (Lipinski definition) is 0. The molecule has 0 aliphatic heterocycles. The molecule has 1 aromatic carbocycles. The maximum absolute atomic E-state index is 12.7. The predicted molar refractivity (Wildman–Crippen MR) is 101 cm³/mol. The molecule has 1 saturated carbocycles. The van der Waals surface area contributed by atoms with Crippen LogP contribution in [0.3, 0.4) is 0 Å². The molecule has 0 spiro atoms. The number of carbonyl (C=O) groups is 1. The molecular formula is C19H16N6O2S. The molecule has 0 N–H and O–H groups in total. The minimum absolute atomic E-state index is 0.110. The molecule has 0 amide bonds. The number of tetrazole rings is 1. The van der Waals surface area contributed by atoms with Crippen LogP contribution in [0.25, 0.3) is 5.69 Å². The maximum atomic E-state index is 12.7. The number of nitriles is 1. The molecule has 0 radical (unpaired) electrons. The van der Waals surface area contributed by atoms with Gasteiger partial charge in [-0.2, -0.15) is 9.94 Å². The summed E-state index contributed by atoms with van der Waals surface area (Å²) in [5.74, 6) is 0.161. The number of nitrogens with zero attached hydrogens (tertiary/aromatic N) is 6. The average molecular weight is 392 g/mol. The monoisotopic (exact) mass is 392 g/mol. The van der Waals surface area contributed by atoms with Crippen LogP contribution in [0.4, 0.5) is 0 Å². The Morgan fingerprint density at radius 1 is 1.36 bits per heavy atom. The molecule has 1 aliphatic carbocycles. The minimum Gasteiger partial charge on any atom is -0.454 e. The van der Waals surface area contributed by atoms with Gasteiger partial charge in [0.15, 0.2) is 12.4 Å². The smallest absolute Gasteiger partial charge is 0.340 e. The highest BCUT2D eigenvalue weighted by Gasteiger charge is 2.29. The van der Waals surface area contributed by atoms with E-state index in [0.29, 0.717) is 16.8 Å². The summed E-state index contributed by atoms with van der Waals surface area (Å²) in [6.07, 6.45) is 3.93. The van der Waals surface area contributed by atoms with E-state index in [4.69, 9.17) is 4.74 Å². The Labute approximate surface area is 165 Å². The largest absolute Gasteiger partial charge is 0.454 e. The fraction of sp³-hybridized carbons (Fsp3) is 0.263. The van der Waals surface area contributed by atoms with Gasteiger partial charge in [0.05, 0.1) is 16.8 Å². The van der Waals surface area contributed by atoms with Crippen molar-refractivity contribution in [2.75, 3.05) is 6.26 Å². The summed E-state index contributed by atoms with van der Waals surface area (Å²) < 4.78 is 6.95. The van der Waals surface area contributed by atoms with Gasteiger partial charge < -0.3 is 4.74 Å². The summed E-state index contributed by atoms with van der Waals surface area (Å²) in [5.41, 5.74) is 2.08. The van der Waals surface area contributed by atoms with Gasteiger partial charge in [0, 0.05) is 11.6 Å². The van der Waals surface area contributed by atoms with E-state index in [1.807, 2.05) is 36.6 Å². The van der Waals surface area contributed by atoms with E-state index >= 15 is 0 Å². The molecule has 0 saturated heterocycles. The fourth-order valence-electron chi connectivity index (χ4n) is 2.82. The molecular weight excluding hydrogens is 376 g/mol. The molecule has 1 fully saturated rings. The lowest BCUT2D eigenvalue weighted by atomic mass is 10.1. The summed E-state index contributed by atoms with van der Waals surface area (Å²) >= 11 is 1.35. The summed E-state index contributed by atoms with van der Waals surface area (Å²) in [7, 11) is 0. The number of benzene rings is 1. The molecule has 1 aliphatic rings. The number of rotatable bonds is 6. The second-order valence-electron chi connectivity index (χ2n) is 6.28. The zero-order valence-electron chi connectivity index (χ0n) is 15.1. The lowest BCUT2D eigenvalue weighted by molar-refractivity contribution is 0.0458. The Bertz CT molecular complexity index is 1060. The molecule has 0 atom stereocenters. The SMILES string of the molecule is CSc1nc(C2CC2)cc(C(=O)OCc2nnnn2-c2ccccc2)c1C#N. The van der Waals surface area contributed by atoms with Crippen LogP contribution in [0.15, 0.2) is 41.4 Å². The van der Waals surface area contributed by atoms with Gasteiger partial charge in [-0.25, -0.2) is 9.78 Å². The van der Waals surface area contributed by atoms with Crippen molar-refractivity contribution in [3.05, 3.63) is 59.0 Å². The van der Waals surface area contributed by atoms with Crippen molar-refractivity contribution < 1.29 is 9.53 Å². The van der Waals surface area contributed by atoms with E-state index in [-0.39, 0.29) is 17.7 Å². The first-order valence-corrected chi connectivity index (χ1v) is 9.92. The van der Waals surface area contributed by atoms with Gasteiger partial charge in [-0.1, -0.05) is 18.2 Å².